The molecule has 0 aliphatic carbocycles. The second-order valence-corrected chi connectivity index (χ2v) is 3.89. The van der Waals surface area contributed by atoms with Crippen molar-refractivity contribution in [1.29, 1.82) is 0 Å². The summed E-state index contributed by atoms with van der Waals surface area (Å²) in [5.74, 6) is -3.94. The fourth-order valence-corrected chi connectivity index (χ4v) is 1.63. The van der Waals surface area contributed by atoms with Crippen LogP contribution >= 0.6 is 0 Å². The molecule has 1 aliphatic heterocycles. The molecule has 2 nitrogen and oxygen atoms in total. The van der Waals surface area contributed by atoms with E-state index in [-0.39, 0.29) is 6.04 Å². The summed E-state index contributed by atoms with van der Waals surface area (Å²) in [5.41, 5.74) is 0. The largest absolute Gasteiger partial charge is 0.335 e. The van der Waals surface area contributed by atoms with Crippen LogP contribution in [0.15, 0.2) is 0 Å². The van der Waals surface area contributed by atoms with E-state index < -0.39 is 11.8 Å². The topological polar surface area (TPSA) is 20.3 Å². The second kappa shape index (κ2) is 3.24. The molecule has 2 atom stereocenters. The molecule has 1 fully saturated rings. The van der Waals surface area contributed by atoms with Gasteiger partial charge in [0.1, 0.15) is 0 Å². The van der Waals surface area contributed by atoms with Gasteiger partial charge in [-0.2, -0.15) is 8.78 Å². The standard InChI is InChI=1S/C9H15F2NO/c1-6-4-5-12(7(6)2)8(13)9(3,10)11/h6-7H,4-5H2,1-3H3. The molecule has 0 aromatic heterocycles. The maximum absolute atomic E-state index is 12.7. The molecule has 0 N–H and O–H groups in total. The number of amides is 1. The first-order chi connectivity index (χ1) is 5.84. The van der Waals surface area contributed by atoms with Crippen LogP contribution < -0.4 is 0 Å². The molecule has 1 amide bonds. The molecule has 76 valence electrons. The maximum atomic E-state index is 12.7. The number of alkyl halides is 2. The van der Waals surface area contributed by atoms with Crippen molar-refractivity contribution in [2.24, 2.45) is 5.92 Å². The van der Waals surface area contributed by atoms with Crippen molar-refractivity contribution in [2.75, 3.05) is 6.54 Å². The molecule has 13 heavy (non-hydrogen) atoms. The quantitative estimate of drug-likeness (QED) is 0.620. The van der Waals surface area contributed by atoms with Crippen LogP contribution in [0.5, 0.6) is 0 Å². The highest BCUT2D eigenvalue weighted by Gasteiger charge is 2.41. The number of carbonyl (C=O) groups is 1. The zero-order chi connectivity index (χ0) is 10.2. The Morgan fingerprint density at radius 3 is 2.31 bits per heavy atom. The highest BCUT2D eigenvalue weighted by Crippen LogP contribution is 2.27. The molecule has 2 unspecified atom stereocenters. The first-order valence-electron chi connectivity index (χ1n) is 4.53. The first kappa shape index (κ1) is 10.4. The maximum Gasteiger partial charge on any atom is 0.322 e. The second-order valence-electron chi connectivity index (χ2n) is 3.89. The average molecular weight is 191 g/mol. The Labute approximate surface area is 76.9 Å². The molecule has 0 aromatic rings. The summed E-state index contributed by atoms with van der Waals surface area (Å²) >= 11 is 0. The van der Waals surface area contributed by atoms with Crippen molar-refractivity contribution in [3.05, 3.63) is 0 Å². The van der Waals surface area contributed by atoms with Gasteiger partial charge in [0.25, 0.3) is 5.91 Å². The SMILES string of the molecule is CC1CCN(C(=O)C(C)(F)F)C1C. The van der Waals surface area contributed by atoms with Crippen LogP contribution in [0, 0.1) is 5.92 Å². The summed E-state index contributed by atoms with van der Waals surface area (Å²) in [6.07, 6.45) is 0.822. The van der Waals surface area contributed by atoms with E-state index >= 15 is 0 Å². The molecule has 1 saturated heterocycles. The van der Waals surface area contributed by atoms with E-state index in [0.29, 0.717) is 19.4 Å². The van der Waals surface area contributed by atoms with E-state index in [2.05, 4.69) is 0 Å². The zero-order valence-electron chi connectivity index (χ0n) is 8.18. The normalized spacial score (nSPS) is 29.5. The minimum Gasteiger partial charge on any atom is -0.335 e. The zero-order valence-corrected chi connectivity index (χ0v) is 8.18. The van der Waals surface area contributed by atoms with Crippen molar-refractivity contribution < 1.29 is 13.6 Å². The highest BCUT2D eigenvalue weighted by molar-refractivity contribution is 5.83. The van der Waals surface area contributed by atoms with E-state index in [1.807, 2.05) is 13.8 Å². The molecule has 1 heterocycles. The fraction of sp³-hybridized carbons (Fsp3) is 0.889. The van der Waals surface area contributed by atoms with Gasteiger partial charge in [0, 0.05) is 19.5 Å². The average Bonchev–Trinajstić information content (AvgIpc) is 2.30. The van der Waals surface area contributed by atoms with Gasteiger partial charge >= 0.3 is 5.92 Å². The summed E-state index contributed by atoms with van der Waals surface area (Å²) in [5, 5.41) is 0. The lowest BCUT2D eigenvalue weighted by molar-refractivity contribution is -0.155. The van der Waals surface area contributed by atoms with Gasteiger partial charge in [-0.3, -0.25) is 4.79 Å². The van der Waals surface area contributed by atoms with Crippen LogP contribution in [0.1, 0.15) is 27.2 Å². The first-order valence-corrected chi connectivity index (χ1v) is 4.53. The predicted molar refractivity (Wildman–Crippen MR) is 45.6 cm³/mol. The van der Waals surface area contributed by atoms with Crippen LogP contribution in [0.2, 0.25) is 0 Å². The number of hydrogen-bond acceptors (Lipinski definition) is 1. The lowest BCUT2D eigenvalue weighted by Crippen LogP contribution is -2.44. The number of nitrogens with zero attached hydrogens (tertiary/aromatic N) is 1. The van der Waals surface area contributed by atoms with Crippen molar-refractivity contribution in [3.63, 3.8) is 0 Å². The molecule has 4 heteroatoms. The van der Waals surface area contributed by atoms with Gasteiger partial charge in [-0.05, 0) is 19.3 Å². The van der Waals surface area contributed by atoms with Gasteiger partial charge in [-0.25, -0.2) is 0 Å². The molecule has 0 bridgehead atoms. The molecule has 0 saturated carbocycles. The minimum absolute atomic E-state index is 0.0571. The van der Waals surface area contributed by atoms with E-state index in [1.165, 1.54) is 4.90 Å². The molecular formula is C9H15F2NO. The Morgan fingerprint density at radius 1 is 1.46 bits per heavy atom. The summed E-state index contributed by atoms with van der Waals surface area (Å²) < 4.78 is 25.4. The highest BCUT2D eigenvalue weighted by atomic mass is 19.3. The summed E-state index contributed by atoms with van der Waals surface area (Å²) in [7, 11) is 0. The third-order valence-electron chi connectivity index (χ3n) is 2.78. The molecule has 0 spiro atoms. The van der Waals surface area contributed by atoms with Crippen molar-refractivity contribution in [1.82, 2.24) is 4.90 Å². The van der Waals surface area contributed by atoms with E-state index in [4.69, 9.17) is 0 Å². The number of halogens is 2. The van der Waals surface area contributed by atoms with E-state index in [0.717, 1.165) is 6.42 Å². The number of likely N-dealkylation sites (tertiary alicyclic amines) is 1. The number of hydrogen-bond donors (Lipinski definition) is 0. The van der Waals surface area contributed by atoms with Gasteiger partial charge in [0.15, 0.2) is 0 Å². The molecule has 1 rings (SSSR count). The van der Waals surface area contributed by atoms with Gasteiger partial charge in [0.2, 0.25) is 0 Å². The van der Waals surface area contributed by atoms with Crippen LogP contribution in [-0.2, 0) is 4.79 Å². The molecule has 1 aliphatic rings. The molecular weight excluding hydrogens is 176 g/mol. The Hall–Kier alpha value is -0.670. The summed E-state index contributed by atoms with van der Waals surface area (Å²) in [6.45, 7) is 4.92. The summed E-state index contributed by atoms with van der Waals surface area (Å²) in [6, 6.07) is -0.0571. The third-order valence-corrected chi connectivity index (χ3v) is 2.78. The third kappa shape index (κ3) is 1.98. The predicted octanol–water partition coefficient (Wildman–Crippen LogP) is 1.90. The smallest absolute Gasteiger partial charge is 0.322 e. The number of rotatable bonds is 1. The Bertz CT molecular complexity index is 212. The lowest BCUT2D eigenvalue weighted by atomic mass is 10.1. The van der Waals surface area contributed by atoms with Crippen LogP contribution in [0.3, 0.4) is 0 Å². The van der Waals surface area contributed by atoms with Crippen LogP contribution in [0.4, 0.5) is 8.78 Å². The Kier molecular flexibility index (Phi) is 2.59. The van der Waals surface area contributed by atoms with Gasteiger partial charge in [-0.15, -0.1) is 0 Å². The Balaban J connectivity index is 2.69. The van der Waals surface area contributed by atoms with Crippen molar-refractivity contribution in [3.8, 4) is 0 Å². The van der Waals surface area contributed by atoms with E-state index in [9.17, 15) is 13.6 Å². The molecule has 0 aromatic carbocycles. The minimum atomic E-state index is -3.22. The lowest BCUT2D eigenvalue weighted by Gasteiger charge is -2.25. The van der Waals surface area contributed by atoms with Gasteiger partial charge in [0.05, 0.1) is 0 Å². The Morgan fingerprint density at radius 2 is 2.00 bits per heavy atom. The van der Waals surface area contributed by atoms with Gasteiger partial charge in [-0.1, -0.05) is 6.92 Å². The van der Waals surface area contributed by atoms with E-state index in [1.54, 1.807) is 0 Å². The van der Waals surface area contributed by atoms with Crippen LogP contribution in [0.25, 0.3) is 0 Å². The fourth-order valence-electron chi connectivity index (χ4n) is 1.63. The molecule has 0 radical (unpaired) electrons. The monoisotopic (exact) mass is 191 g/mol. The summed E-state index contributed by atoms with van der Waals surface area (Å²) in [4.78, 5) is 12.5. The number of carbonyl (C=O) groups excluding carboxylic acids is 1. The van der Waals surface area contributed by atoms with Crippen molar-refractivity contribution in [2.45, 2.75) is 39.2 Å². The van der Waals surface area contributed by atoms with Crippen molar-refractivity contribution >= 4 is 5.91 Å². The van der Waals surface area contributed by atoms with Crippen LogP contribution in [-0.4, -0.2) is 29.3 Å². The van der Waals surface area contributed by atoms with Gasteiger partial charge < -0.3 is 4.90 Å².